The first kappa shape index (κ1) is 30.4. The zero-order valence-corrected chi connectivity index (χ0v) is 29.2. The zero-order chi connectivity index (χ0) is 34.4. The largest absolute Gasteiger partial charge is 0.309 e. The van der Waals surface area contributed by atoms with Gasteiger partial charge in [0.15, 0.2) is 0 Å². The van der Waals surface area contributed by atoms with Crippen LogP contribution in [-0.2, 0) is 0 Å². The Hall–Kier alpha value is -6.48. The van der Waals surface area contributed by atoms with E-state index in [0.29, 0.717) is 0 Å². The van der Waals surface area contributed by atoms with Gasteiger partial charge in [0.2, 0.25) is 0 Å². The molecule has 10 aromatic rings. The van der Waals surface area contributed by atoms with Crippen molar-refractivity contribution in [1.82, 2.24) is 0 Å². The Morgan fingerprint density at radius 3 is 1.69 bits per heavy atom. The van der Waals surface area contributed by atoms with Gasteiger partial charge >= 0.3 is 0 Å². The lowest BCUT2D eigenvalue weighted by atomic mass is 9.95. The minimum absolute atomic E-state index is 1.12. The predicted octanol–water partition coefficient (Wildman–Crippen LogP) is 14.8. The Morgan fingerprint density at radius 1 is 0.327 bits per heavy atom. The summed E-state index contributed by atoms with van der Waals surface area (Å²) in [5.41, 5.74) is 10.7. The lowest BCUT2D eigenvalue weighted by Crippen LogP contribution is -2.11. The average molecular weight is 680 g/mol. The molecule has 0 N–H and O–H groups in total. The van der Waals surface area contributed by atoms with Crippen molar-refractivity contribution < 1.29 is 0 Å². The van der Waals surface area contributed by atoms with Crippen LogP contribution in [0, 0.1) is 0 Å². The molecule has 0 fully saturated rings. The molecule has 0 aliphatic carbocycles. The van der Waals surface area contributed by atoms with Crippen LogP contribution in [0.25, 0.3) is 75.1 Å². The molecule has 52 heavy (non-hydrogen) atoms. The van der Waals surface area contributed by atoms with Gasteiger partial charge < -0.3 is 4.90 Å². The van der Waals surface area contributed by atoms with E-state index < -0.39 is 0 Å². The second-order valence-electron chi connectivity index (χ2n) is 13.4. The number of fused-ring (bicyclic) bond motifs is 5. The fourth-order valence-electron chi connectivity index (χ4n) is 7.64. The van der Waals surface area contributed by atoms with Gasteiger partial charge in [-0.05, 0) is 97.9 Å². The van der Waals surface area contributed by atoms with Gasteiger partial charge in [0, 0.05) is 37.1 Å². The summed E-state index contributed by atoms with van der Waals surface area (Å²) in [4.78, 5) is 2.47. The van der Waals surface area contributed by atoms with Crippen LogP contribution in [0.15, 0.2) is 200 Å². The predicted molar refractivity (Wildman–Crippen MR) is 225 cm³/mol. The molecule has 10 rings (SSSR count). The summed E-state index contributed by atoms with van der Waals surface area (Å²) in [5, 5.41) is 7.50. The quantitative estimate of drug-likeness (QED) is 0.169. The minimum atomic E-state index is 1.12. The average Bonchev–Trinajstić information content (AvgIpc) is 3.60. The molecular formula is C50H33NS. The normalized spacial score (nSPS) is 11.5. The minimum Gasteiger partial charge on any atom is -0.309 e. The second kappa shape index (κ2) is 12.7. The highest BCUT2D eigenvalue weighted by Crippen LogP contribution is 2.50. The molecule has 2 heteroatoms. The molecule has 0 atom stereocenters. The lowest BCUT2D eigenvalue weighted by molar-refractivity contribution is 1.31. The van der Waals surface area contributed by atoms with Crippen LogP contribution >= 0.6 is 11.3 Å². The number of benzene rings is 9. The molecule has 0 amide bonds. The molecule has 0 bridgehead atoms. The van der Waals surface area contributed by atoms with Gasteiger partial charge in [-0.25, -0.2) is 0 Å². The molecule has 1 nitrogen and oxygen atoms in total. The fourth-order valence-corrected chi connectivity index (χ4v) is 8.75. The number of thiophene rings is 1. The molecule has 0 aliphatic heterocycles. The van der Waals surface area contributed by atoms with E-state index in [1.807, 2.05) is 11.3 Å². The molecule has 9 aromatic carbocycles. The lowest BCUT2D eigenvalue weighted by Gasteiger charge is -2.29. The van der Waals surface area contributed by atoms with E-state index in [0.717, 1.165) is 11.4 Å². The maximum Gasteiger partial charge on any atom is 0.0633 e. The van der Waals surface area contributed by atoms with Crippen molar-refractivity contribution in [2.75, 3.05) is 4.90 Å². The standard InChI is InChI=1S/C50H33NS/c1-3-11-34(12-4-1)41-26-22-37-27-28-44(33-42(37)32-41)51(43-15-5-2-6-16-43)50-45(29-30-48-49(50)46-17-9-10-18-47(46)52-48)38-23-19-36(20-24-38)40-25-21-35-13-7-8-14-39(35)31-40/h1-33H. The number of hydrogen-bond donors (Lipinski definition) is 0. The summed E-state index contributed by atoms with van der Waals surface area (Å²) in [6.07, 6.45) is 0. The van der Waals surface area contributed by atoms with Gasteiger partial charge in [0.25, 0.3) is 0 Å². The van der Waals surface area contributed by atoms with E-state index in [9.17, 15) is 0 Å². The molecule has 0 saturated heterocycles. The number of anilines is 3. The zero-order valence-electron chi connectivity index (χ0n) is 28.4. The van der Waals surface area contributed by atoms with Gasteiger partial charge in [-0.2, -0.15) is 0 Å². The molecule has 0 radical (unpaired) electrons. The van der Waals surface area contributed by atoms with Crippen molar-refractivity contribution in [3.63, 3.8) is 0 Å². The SMILES string of the molecule is c1ccc(-c2ccc3ccc(N(c4ccccc4)c4c(-c5ccc(-c6ccc7ccccc7c6)cc5)ccc5sc6ccccc6c45)cc3c2)cc1. The fraction of sp³-hybridized carbons (Fsp3) is 0. The van der Waals surface area contributed by atoms with Crippen LogP contribution in [0.2, 0.25) is 0 Å². The van der Waals surface area contributed by atoms with E-state index in [4.69, 9.17) is 0 Å². The number of para-hydroxylation sites is 1. The van der Waals surface area contributed by atoms with E-state index >= 15 is 0 Å². The van der Waals surface area contributed by atoms with Crippen LogP contribution in [-0.4, -0.2) is 0 Å². The van der Waals surface area contributed by atoms with E-state index in [-0.39, 0.29) is 0 Å². The molecule has 0 aliphatic rings. The van der Waals surface area contributed by atoms with Crippen molar-refractivity contribution in [1.29, 1.82) is 0 Å². The van der Waals surface area contributed by atoms with E-state index in [1.165, 1.54) is 80.8 Å². The molecule has 1 aromatic heterocycles. The molecular weight excluding hydrogens is 647 g/mol. The first-order valence-corrected chi connectivity index (χ1v) is 18.6. The van der Waals surface area contributed by atoms with Crippen LogP contribution in [0.5, 0.6) is 0 Å². The highest BCUT2D eigenvalue weighted by Gasteiger charge is 2.23. The van der Waals surface area contributed by atoms with Crippen molar-refractivity contribution in [2.45, 2.75) is 0 Å². The first-order chi connectivity index (χ1) is 25.8. The summed E-state index contributed by atoms with van der Waals surface area (Å²) in [7, 11) is 0. The molecule has 0 unspecified atom stereocenters. The smallest absolute Gasteiger partial charge is 0.0633 e. The van der Waals surface area contributed by atoms with Crippen LogP contribution in [0.1, 0.15) is 0 Å². The van der Waals surface area contributed by atoms with E-state index in [2.05, 4.69) is 205 Å². The van der Waals surface area contributed by atoms with Gasteiger partial charge in [-0.1, -0.05) is 152 Å². The summed E-state index contributed by atoms with van der Waals surface area (Å²) >= 11 is 1.86. The Kier molecular flexibility index (Phi) is 7.41. The monoisotopic (exact) mass is 679 g/mol. The first-order valence-electron chi connectivity index (χ1n) is 17.8. The third kappa shape index (κ3) is 5.33. The Bertz CT molecular complexity index is 2890. The van der Waals surface area contributed by atoms with E-state index in [1.54, 1.807) is 0 Å². The summed E-state index contributed by atoms with van der Waals surface area (Å²) < 4.78 is 2.57. The van der Waals surface area contributed by atoms with Crippen molar-refractivity contribution >= 4 is 70.1 Å². The Balaban J connectivity index is 1.19. The third-order valence-electron chi connectivity index (χ3n) is 10.2. The third-order valence-corrected chi connectivity index (χ3v) is 11.4. The topological polar surface area (TPSA) is 3.24 Å². The number of hydrogen-bond acceptors (Lipinski definition) is 2. The van der Waals surface area contributed by atoms with Crippen LogP contribution in [0.3, 0.4) is 0 Å². The summed E-state index contributed by atoms with van der Waals surface area (Å²) in [6, 6.07) is 73.1. The van der Waals surface area contributed by atoms with Gasteiger partial charge in [-0.3, -0.25) is 0 Å². The second-order valence-corrected chi connectivity index (χ2v) is 14.4. The summed E-state index contributed by atoms with van der Waals surface area (Å²) in [6.45, 7) is 0. The van der Waals surface area contributed by atoms with Crippen LogP contribution < -0.4 is 4.90 Å². The molecule has 1 heterocycles. The van der Waals surface area contributed by atoms with Gasteiger partial charge in [0.05, 0.1) is 5.69 Å². The van der Waals surface area contributed by atoms with Gasteiger partial charge in [0.1, 0.15) is 0 Å². The highest BCUT2D eigenvalue weighted by molar-refractivity contribution is 7.26. The molecule has 0 saturated carbocycles. The van der Waals surface area contributed by atoms with Crippen molar-refractivity contribution in [3.8, 4) is 33.4 Å². The van der Waals surface area contributed by atoms with Gasteiger partial charge in [-0.15, -0.1) is 11.3 Å². The van der Waals surface area contributed by atoms with Crippen molar-refractivity contribution in [3.05, 3.63) is 200 Å². The molecule has 0 spiro atoms. The molecule has 244 valence electrons. The highest BCUT2D eigenvalue weighted by atomic mass is 32.1. The Morgan fingerprint density at radius 2 is 0.904 bits per heavy atom. The number of nitrogens with zero attached hydrogens (tertiary/aromatic N) is 1. The maximum atomic E-state index is 2.47. The van der Waals surface area contributed by atoms with Crippen molar-refractivity contribution in [2.24, 2.45) is 0 Å². The summed E-state index contributed by atoms with van der Waals surface area (Å²) in [5.74, 6) is 0. The Labute approximate surface area is 307 Å². The van der Waals surface area contributed by atoms with Crippen LogP contribution in [0.4, 0.5) is 17.1 Å². The number of rotatable bonds is 6. The maximum absolute atomic E-state index is 2.47.